The van der Waals surface area contributed by atoms with Crippen LogP contribution in [0, 0.1) is 10.4 Å². The van der Waals surface area contributed by atoms with Gasteiger partial charge in [0.1, 0.15) is 0 Å². The van der Waals surface area contributed by atoms with E-state index in [1.54, 1.807) is 5.53 Å². The van der Waals surface area contributed by atoms with Crippen LogP contribution >= 0.6 is 0 Å². The van der Waals surface area contributed by atoms with Gasteiger partial charge in [-0.3, -0.25) is 9.97 Å². The molecule has 1 aliphatic heterocycles. The Morgan fingerprint density at radius 1 is 1.67 bits per heavy atom. The molecule has 1 amide bonds. The molecule has 6 heteroatoms. The van der Waals surface area contributed by atoms with Crippen LogP contribution in [0.3, 0.4) is 0 Å². The predicted molar refractivity (Wildman–Crippen MR) is 28.0 cm³/mol. The molecule has 1 atom stereocenters. The summed E-state index contributed by atoms with van der Waals surface area (Å²) in [6, 6.07) is -0.900. The van der Waals surface area contributed by atoms with Crippen LogP contribution in [-0.4, -0.2) is 22.3 Å². The summed E-state index contributed by atoms with van der Waals surface area (Å²) in [6.45, 7) is 1.35. The molecule has 1 rings (SSSR count). The number of hydrazine groups is 2. The monoisotopic (exact) mass is 131 g/mol. The van der Waals surface area contributed by atoms with Gasteiger partial charge in [-0.15, -0.1) is 0 Å². The number of rotatable bonds is 0. The van der Waals surface area contributed by atoms with Gasteiger partial charge in [0.05, 0.1) is 6.04 Å². The molecule has 52 valence electrons. The third-order valence-electron chi connectivity index (χ3n) is 1.10. The molecule has 0 aromatic rings. The summed E-state index contributed by atoms with van der Waals surface area (Å²) in [6.07, 6.45) is 0. The fourth-order valence-electron chi connectivity index (χ4n) is 0.495. The minimum atomic E-state index is -0.900. The number of nitrogens with one attached hydrogen (secondary N) is 1. The molecule has 0 aliphatic carbocycles. The SMILES string of the molecule is CC1C(=O)N([O-])NN1[O-]. The van der Waals surface area contributed by atoms with Gasteiger partial charge in [-0.1, -0.05) is 0 Å². The largest absolute Gasteiger partial charge is 0.770 e. The molecule has 1 N–H and O–H groups in total. The smallest absolute Gasteiger partial charge is 0.244 e. The van der Waals surface area contributed by atoms with Crippen molar-refractivity contribution in [3.63, 3.8) is 0 Å². The number of nitrogens with zero attached hydrogens (tertiary/aromatic N) is 2. The van der Waals surface area contributed by atoms with Crippen molar-refractivity contribution in [3.05, 3.63) is 10.4 Å². The van der Waals surface area contributed by atoms with Crippen molar-refractivity contribution in [1.29, 1.82) is 0 Å². The molecular weight excluding hydrogens is 126 g/mol. The highest BCUT2D eigenvalue weighted by Gasteiger charge is 2.23. The summed E-state index contributed by atoms with van der Waals surface area (Å²) in [7, 11) is 0. The van der Waals surface area contributed by atoms with Crippen molar-refractivity contribution >= 4 is 5.91 Å². The highest BCUT2D eigenvalue weighted by molar-refractivity contribution is 5.82. The van der Waals surface area contributed by atoms with Gasteiger partial charge in [0.15, 0.2) is 0 Å². The fraction of sp³-hybridized carbons (Fsp3) is 0.667. The Balaban J connectivity index is 2.65. The Labute approximate surface area is 51.1 Å². The molecular formula is C3H5N3O3-2. The Morgan fingerprint density at radius 2 is 2.22 bits per heavy atom. The molecule has 0 aromatic carbocycles. The Kier molecular flexibility index (Phi) is 1.37. The minimum absolute atomic E-state index is 0.0856. The lowest BCUT2D eigenvalue weighted by atomic mass is 10.3. The second kappa shape index (κ2) is 1.92. The molecule has 1 unspecified atom stereocenters. The van der Waals surface area contributed by atoms with E-state index in [0.717, 1.165) is 0 Å². The number of hydrogen-bond acceptors (Lipinski definition) is 5. The van der Waals surface area contributed by atoms with E-state index < -0.39 is 11.9 Å². The fourth-order valence-corrected chi connectivity index (χ4v) is 0.495. The number of hydrogen-bond donors (Lipinski definition) is 1. The van der Waals surface area contributed by atoms with Crippen LogP contribution < -0.4 is 5.53 Å². The predicted octanol–water partition coefficient (Wildman–Crippen LogP) is -1.07. The number of carbonyl (C=O) groups excluding carboxylic acids is 1. The van der Waals surface area contributed by atoms with E-state index in [0.29, 0.717) is 0 Å². The van der Waals surface area contributed by atoms with Gasteiger partial charge < -0.3 is 15.6 Å². The summed E-state index contributed by atoms with van der Waals surface area (Å²) < 4.78 is 0. The number of carbonyl (C=O) groups is 1. The normalized spacial score (nSPS) is 29.9. The maximum Gasteiger partial charge on any atom is 0.244 e. The molecule has 0 aromatic heterocycles. The first-order chi connectivity index (χ1) is 4.13. The van der Waals surface area contributed by atoms with Crippen LogP contribution in [0.1, 0.15) is 6.92 Å². The van der Waals surface area contributed by atoms with E-state index in [1.807, 2.05) is 0 Å². The second-order valence-electron chi connectivity index (χ2n) is 1.73. The quantitative estimate of drug-likeness (QED) is 0.452. The average molecular weight is 131 g/mol. The summed E-state index contributed by atoms with van der Waals surface area (Å²) in [5, 5.41) is 20.7. The summed E-state index contributed by atoms with van der Waals surface area (Å²) in [5.74, 6) is -0.759. The van der Waals surface area contributed by atoms with Crippen molar-refractivity contribution in [3.8, 4) is 0 Å². The Morgan fingerprint density at radius 3 is 2.33 bits per heavy atom. The zero-order chi connectivity index (χ0) is 7.02. The van der Waals surface area contributed by atoms with Crippen molar-refractivity contribution in [2.24, 2.45) is 0 Å². The lowest BCUT2D eigenvalue weighted by molar-refractivity contribution is -0.127. The van der Waals surface area contributed by atoms with Gasteiger partial charge >= 0.3 is 0 Å². The third kappa shape index (κ3) is 0.879. The standard InChI is InChI=1S/C3H5N3O3/c1-2-3(7)6(9)4-5(2)8/h2,4H,1H3/q-2. The highest BCUT2D eigenvalue weighted by Crippen LogP contribution is 2.04. The van der Waals surface area contributed by atoms with E-state index in [4.69, 9.17) is 0 Å². The van der Waals surface area contributed by atoms with Crippen LogP contribution in [0.5, 0.6) is 0 Å². The second-order valence-corrected chi connectivity index (χ2v) is 1.73. The maximum atomic E-state index is 10.4. The van der Waals surface area contributed by atoms with Crippen LogP contribution in [0.2, 0.25) is 0 Å². The van der Waals surface area contributed by atoms with E-state index >= 15 is 0 Å². The lowest BCUT2D eigenvalue weighted by Crippen LogP contribution is -2.33. The van der Waals surface area contributed by atoms with Crippen molar-refractivity contribution in [2.75, 3.05) is 0 Å². The van der Waals surface area contributed by atoms with E-state index in [-0.39, 0.29) is 10.3 Å². The van der Waals surface area contributed by atoms with Crippen molar-refractivity contribution < 1.29 is 4.79 Å². The van der Waals surface area contributed by atoms with Gasteiger partial charge in [-0.2, -0.15) is 5.53 Å². The molecule has 0 spiro atoms. The third-order valence-corrected chi connectivity index (χ3v) is 1.10. The number of amides is 1. The Bertz CT molecular complexity index is 138. The minimum Gasteiger partial charge on any atom is -0.770 e. The molecule has 0 radical (unpaired) electrons. The summed E-state index contributed by atoms with van der Waals surface area (Å²) >= 11 is 0. The van der Waals surface area contributed by atoms with Crippen LogP contribution in [0.25, 0.3) is 0 Å². The number of hydroxylamine groups is 2. The van der Waals surface area contributed by atoms with Crippen LogP contribution in [-0.2, 0) is 4.79 Å². The van der Waals surface area contributed by atoms with Crippen molar-refractivity contribution in [1.82, 2.24) is 15.9 Å². The summed E-state index contributed by atoms with van der Waals surface area (Å²) in [5.41, 5.74) is 1.72. The zero-order valence-electron chi connectivity index (χ0n) is 4.70. The molecule has 6 nitrogen and oxygen atoms in total. The van der Waals surface area contributed by atoms with Gasteiger partial charge in [-0.05, 0) is 6.92 Å². The molecule has 1 fully saturated rings. The van der Waals surface area contributed by atoms with Crippen LogP contribution in [0.4, 0.5) is 0 Å². The van der Waals surface area contributed by atoms with E-state index in [9.17, 15) is 15.2 Å². The van der Waals surface area contributed by atoms with Crippen LogP contribution in [0.15, 0.2) is 0 Å². The van der Waals surface area contributed by atoms with Gasteiger partial charge in [0.2, 0.25) is 5.91 Å². The van der Waals surface area contributed by atoms with E-state index in [1.165, 1.54) is 6.92 Å². The Hall–Kier alpha value is -0.690. The van der Waals surface area contributed by atoms with Gasteiger partial charge in [-0.25, -0.2) is 0 Å². The molecule has 9 heavy (non-hydrogen) atoms. The topological polar surface area (TPSA) is 81.7 Å². The zero-order valence-corrected chi connectivity index (χ0v) is 4.70. The molecule has 0 saturated carbocycles. The first-order valence-electron chi connectivity index (χ1n) is 2.36. The lowest BCUT2D eigenvalue weighted by Gasteiger charge is -2.27. The van der Waals surface area contributed by atoms with Gasteiger partial charge in [0.25, 0.3) is 0 Å². The van der Waals surface area contributed by atoms with Crippen molar-refractivity contribution in [2.45, 2.75) is 13.0 Å². The highest BCUT2D eigenvalue weighted by atomic mass is 16.6. The van der Waals surface area contributed by atoms with Gasteiger partial charge in [0, 0.05) is 0 Å². The average Bonchev–Trinajstić information content (AvgIpc) is 1.98. The van der Waals surface area contributed by atoms with E-state index in [2.05, 4.69) is 0 Å². The first-order valence-corrected chi connectivity index (χ1v) is 2.36. The molecule has 1 saturated heterocycles. The first kappa shape index (κ1) is 6.43. The molecule has 1 heterocycles. The molecule has 0 bridgehead atoms. The summed E-state index contributed by atoms with van der Waals surface area (Å²) in [4.78, 5) is 10.4. The maximum absolute atomic E-state index is 10.4. The molecule has 1 aliphatic rings.